The van der Waals surface area contributed by atoms with E-state index in [1.54, 1.807) is 6.07 Å². The average molecular weight is 283 g/mol. The summed E-state index contributed by atoms with van der Waals surface area (Å²) < 4.78 is 0. The van der Waals surface area contributed by atoms with E-state index in [9.17, 15) is 9.59 Å². The van der Waals surface area contributed by atoms with Crippen molar-refractivity contribution in [2.24, 2.45) is 11.7 Å². The Balaban J connectivity index is 2.71. The van der Waals surface area contributed by atoms with Crippen LogP contribution < -0.4 is 11.1 Å². The summed E-state index contributed by atoms with van der Waals surface area (Å²) >= 11 is 6.03. The van der Waals surface area contributed by atoms with Crippen LogP contribution in [0.25, 0.3) is 0 Å². The Hall–Kier alpha value is -1.55. The average Bonchev–Trinajstić information content (AvgIpc) is 2.29. The first-order chi connectivity index (χ1) is 8.90. The first-order valence-electron chi connectivity index (χ1n) is 6.22. The van der Waals surface area contributed by atoms with Crippen molar-refractivity contribution >= 4 is 23.4 Å². The van der Waals surface area contributed by atoms with Gasteiger partial charge in [0.1, 0.15) is 6.04 Å². The van der Waals surface area contributed by atoms with Gasteiger partial charge in [0.25, 0.3) is 0 Å². The molecule has 19 heavy (non-hydrogen) atoms. The number of hydrogen-bond donors (Lipinski definition) is 2. The van der Waals surface area contributed by atoms with Gasteiger partial charge in [0.05, 0.1) is 0 Å². The molecule has 0 heterocycles. The summed E-state index contributed by atoms with van der Waals surface area (Å²) in [5, 5.41) is 3.21. The van der Waals surface area contributed by atoms with Crippen molar-refractivity contribution in [2.75, 3.05) is 0 Å². The molecule has 0 aliphatic heterocycles. The SMILES string of the molecule is CC(C)CC(=O)N[C@@H](Cc1ccccc1Cl)C(N)=O. The molecule has 0 radical (unpaired) electrons. The molecule has 0 unspecified atom stereocenters. The highest BCUT2D eigenvalue weighted by molar-refractivity contribution is 6.31. The van der Waals surface area contributed by atoms with Gasteiger partial charge in [-0.1, -0.05) is 43.6 Å². The Bertz CT molecular complexity index is 461. The second-order valence-corrected chi connectivity index (χ2v) is 5.32. The molecule has 3 N–H and O–H groups in total. The van der Waals surface area contributed by atoms with Crippen LogP contribution in [-0.2, 0) is 16.0 Å². The van der Waals surface area contributed by atoms with Crippen LogP contribution in [0.2, 0.25) is 5.02 Å². The zero-order valence-electron chi connectivity index (χ0n) is 11.2. The Kier molecular flexibility index (Phi) is 5.83. The van der Waals surface area contributed by atoms with Gasteiger partial charge >= 0.3 is 0 Å². The van der Waals surface area contributed by atoms with Crippen molar-refractivity contribution in [2.45, 2.75) is 32.7 Å². The number of nitrogens with one attached hydrogen (secondary N) is 1. The molecule has 1 rings (SSSR count). The summed E-state index contributed by atoms with van der Waals surface area (Å²) in [5.41, 5.74) is 6.11. The molecule has 4 nitrogen and oxygen atoms in total. The van der Waals surface area contributed by atoms with Gasteiger partial charge in [-0.15, -0.1) is 0 Å². The molecule has 0 saturated heterocycles. The van der Waals surface area contributed by atoms with Crippen molar-refractivity contribution < 1.29 is 9.59 Å². The Morgan fingerprint density at radius 3 is 2.47 bits per heavy atom. The molecule has 0 aliphatic rings. The predicted octanol–water partition coefficient (Wildman–Crippen LogP) is 1.90. The van der Waals surface area contributed by atoms with Gasteiger partial charge in [-0.05, 0) is 17.5 Å². The topological polar surface area (TPSA) is 72.2 Å². The Morgan fingerprint density at radius 2 is 1.95 bits per heavy atom. The molecule has 0 fully saturated rings. The fraction of sp³-hybridized carbons (Fsp3) is 0.429. The van der Waals surface area contributed by atoms with Gasteiger partial charge in [-0.2, -0.15) is 0 Å². The second kappa shape index (κ2) is 7.14. The summed E-state index contributed by atoms with van der Waals surface area (Å²) in [4.78, 5) is 23.1. The fourth-order valence-corrected chi connectivity index (χ4v) is 1.94. The van der Waals surface area contributed by atoms with Crippen molar-refractivity contribution in [3.8, 4) is 0 Å². The molecule has 5 heteroatoms. The van der Waals surface area contributed by atoms with Crippen LogP contribution >= 0.6 is 11.6 Å². The normalized spacial score (nSPS) is 12.2. The molecular weight excluding hydrogens is 264 g/mol. The number of primary amides is 1. The number of nitrogens with two attached hydrogens (primary N) is 1. The first kappa shape index (κ1) is 15.5. The number of benzene rings is 1. The lowest BCUT2D eigenvalue weighted by molar-refractivity contribution is -0.127. The van der Waals surface area contributed by atoms with Crippen LogP contribution in [0.15, 0.2) is 24.3 Å². The standard InChI is InChI=1S/C14H19ClN2O2/c1-9(2)7-13(18)17-12(14(16)19)8-10-5-3-4-6-11(10)15/h3-6,9,12H,7-8H2,1-2H3,(H2,16,19)(H,17,18)/t12-/m0/s1. The highest BCUT2D eigenvalue weighted by Crippen LogP contribution is 2.16. The largest absolute Gasteiger partial charge is 0.368 e. The van der Waals surface area contributed by atoms with Gasteiger partial charge in [0.15, 0.2) is 0 Å². The maximum absolute atomic E-state index is 11.7. The van der Waals surface area contributed by atoms with Crippen molar-refractivity contribution in [3.63, 3.8) is 0 Å². The lowest BCUT2D eigenvalue weighted by Crippen LogP contribution is -2.46. The van der Waals surface area contributed by atoms with E-state index in [0.717, 1.165) is 5.56 Å². The van der Waals surface area contributed by atoms with E-state index in [1.165, 1.54) is 0 Å². The Labute approximate surface area is 118 Å². The zero-order chi connectivity index (χ0) is 14.4. The smallest absolute Gasteiger partial charge is 0.240 e. The van der Waals surface area contributed by atoms with E-state index in [0.29, 0.717) is 17.9 Å². The van der Waals surface area contributed by atoms with Crippen LogP contribution in [0, 0.1) is 5.92 Å². The van der Waals surface area contributed by atoms with E-state index < -0.39 is 11.9 Å². The first-order valence-corrected chi connectivity index (χ1v) is 6.60. The van der Waals surface area contributed by atoms with Crippen LogP contribution in [0.5, 0.6) is 0 Å². The third-order valence-corrected chi connectivity index (χ3v) is 3.02. The summed E-state index contributed by atoms with van der Waals surface area (Å²) in [6.45, 7) is 3.87. The molecule has 0 saturated carbocycles. The number of halogens is 1. The lowest BCUT2D eigenvalue weighted by atomic mass is 10.0. The number of carbonyl (C=O) groups is 2. The van der Waals surface area contributed by atoms with Crippen LogP contribution in [0.4, 0.5) is 0 Å². The predicted molar refractivity (Wildman–Crippen MR) is 75.7 cm³/mol. The highest BCUT2D eigenvalue weighted by atomic mass is 35.5. The fourth-order valence-electron chi connectivity index (χ4n) is 1.73. The monoisotopic (exact) mass is 282 g/mol. The van der Waals surface area contributed by atoms with E-state index >= 15 is 0 Å². The Morgan fingerprint density at radius 1 is 1.32 bits per heavy atom. The number of amides is 2. The molecular formula is C14H19ClN2O2. The van der Waals surface area contributed by atoms with Gasteiger partial charge in [-0.25, -0.2) is 0 Å². The summed E-state index contributed by atoms with van der Waals surface area (Å²) in [6.07, 6.45) is 0.672. The highest BCUT2D eigenvalue weighted by Gasteiger charge is 2.19. The van der Waals surface area contributed by atoms with Crippen LogP contribution in [0.3, 0.4) is 0 Å². The second-order valence-electron chi connectivity index (χ2n) is 4.92. The van der Waals surface area contributed by atoms with Gasteiger partial charge < -0.3 is 11.1 Å². The molecule has 2 amide bonds. The molecule has 0 aliphatic carbocycles. The minimum absolute atomic E-state index is 0.175. The van der Waals surface area contributed by atoms with Crippen LogP contribution in [0.1, 0.15) is 25.8 Å². The summed E-state index contributed by atoms with van der Waals surface area (Å²) in [7, 11) is 0. The quantitative estimate of drug-likeness (QED) is 0.836. The van der Waals surface area contributed by atoms with Gasteiger partial charge in [-0.3, -0.25) is 9.59 Å². The minimum atomic E-state index is -0.730. The molecule has 1 atom stereocenters. The molecule has 0 spiro atoms. The summed E-state index contributed by atoms with van der Waals surface area (Å²) in [6, 6.07) is 6.46. The van der Waals surface area contributed by atoms with Gasteiger partial charge in [0.2, 0.25) is 11.8 Å². The molecule has 0 aromatic heterocycles. The number of carbonyl (C=O) groups excluding carboxylic acids is 2. The van der Waals surface area contributed by atoms with Crippen molar-refractivity contribution in [1.29, 1.82) is 0 Å². The number of rotatable bonds is 6. The van der Waals surface area contributed by atoms with Crippen molar-refractivity contribution in [1.82, 2.24) is 5.32 Å². The van der Waals surface area contributed by atoms with Crippen LogP contribution in [-0.4, -0.2) is 17.9 Å². The minimum Gasteiger partial charge on any atom is -0.368 e. The lowest BCUT2D eigenvalue weighted by Gasteiger charge is -2.17. The zero-order valence-corrected chi connectivity index (χ0v) is 11.9. The van der Waals surface area contributed by atoms with Gasteiger partial charge in [0, 0.05) is 17.9 Å². The molecule has 0 bridgehead atoms. The van der Waals surface area contributed by atoms with E-state index in [-0.39, 0.29) is 11.8 Å². The number of hydrogen-bond acceptors (Lipinski definition) is 2. The molecule has 1 aromatic rings. The maximum Gasteiger partial charge on any atom is 0.240 e. The van der Waals surface area contributed by atoms with E-state index in [2.05, 4.69) is 5.32 Å². The molecule has 1 aromatic carbocycles. The summed E-state index contributed by atoms with van der Waals surface area (Å²) in [5.74, 6) is -0.503. The third kappa shape index (κ3) is 5.30. The van der Waals surface area contributed by atoms with Crippen molar-refractivity contribution in [3.05, 3.63) is 34.9 Å². The third-order valence-electron chi connectivity index (χ3n) is 2.65. The van der Waals surface area contributed by atoms with E-state index in [1.807, 2.05) is 32.0 Å². The van der Waals surface area contributed by atoms with E-state index in [4.69, 9.17) is 17.3 Å². The maximum atomic E-state index is 11.7. The molecule has 104 valence electrons.